The van der Waals surface area contributed by atoms with E-state index in [-0.39, 0.29) is 16.9 Å². The Balaban J connectivity index is 2.05. The van der Waals surface area contributed by atoms with E-state index < -0.39 is 5.82 Å². The van der Waals surface area contributed by atoms with E-state index >= 15 is 0 Å². The smallest absolute Gasteiger partial charge is 0.166 e. The van der Waals surface area contributed by atoms with E-state index in [0.717, 1.165) is 6.07 Å². The lowest BCUT2D eigenvalue weighted by molar-refractivity contribution is 0.197. The summed E-state index contributed by atoms with van der Waals surface area (Å²) < 4.78 is 23.7. The van der Waals surface area contributed by atoms with Crippen molar-refractivity contribution in [3.8, 4) is 11.8 Å². The zero-order chi connectivity index (χ0) is 10.9. The third-order valence-corrected chi connectivity index (χ3v) is 2.23. The number of nitriles is 1. The second-order valence-corrected chi connectivity index (χ2v) is 3.78. The van der Waals surface area contributed by atoms with Crippen LogP contribution in [0.5, 0.6) is 5.75 Å². The Labute approximate surface area is 87.0 Å². The van der Waals surface area contributed by atoms with Crippen LogP contribution >= 0.6 is 0 Å². The van der Waals surface area contributed by atoms with E-state index in [4.69, 9.17) is 14.7 Å². The third kappa shape index (κ3) is 2.25. The Morgan fingerprint density at radius 2 is 2.40 bits per heavy atom. The van der Waals surface area contributed by atoms with Gasteiger partial charge in [-0.2, -0.15) is 5.26 Å². The van der Waals surface area contributed by atoms with E-state index in [1.54, 1.807) is 0 Å². The lowest BCUT2D eigenvalue weighted by Crippen LogP contribution is -2.17. The van der Waals surface area contributed by atoms with Crippen LogP contribution in [0.25, 0.3) is 0 Å². The zero-order valence-electron chi connectivity index (χ0n) is 8.29. The van der Waals surface area contributed by atoms with Crippen molar-refractivity contribution < 1.29 is 13.9 Å². The molecule has 0 amide bonds. The van der Waals surface area contributed by atoms with Crippen LogP contribution in [0.3, 0.4) is 0 Å². The molecule has 15 heavy (non-hydrogen) atoms. The van der Waals surface area contributed by atoms with Crippen LogP contribution in [0.1, 0.15) is 12.5 Å². The van der Waals surface area contributed by atoms with Crippen molar-refractivity contribution in [1.82, 2.24) is 0 Å². The second kappa shape index (κ2) is 3.52. The van der Waals surface area contributed by atoms with Gasteiger partial charge in [-0.15, -0.1) is 0 Å². The van der Waals surface area contributed by atoms with Crippen LogP contribution in [-0.4, -0.2) is 18.8 Å². The molecule has 2 rings (SSSR count). The lowest BCUT2D eigenvalue weighted by Gasteiger charge is -2.09. The van der Waals surface area contributed by atoms with Crippen molar-refractivity contribution in [2.24, 2.45) is 0 Å². The summed E-state index contributed by atoms with van der Waals surface area (Å²) in [5.74, 6) is -0.357. The Bertz CT molecular complexity index is 421. The Morgan fingerprint density at radius 1 is 1.67 bits per heavy atom. The third-order valence-electron chi connectivity index (χ3n) is 2.23. The van der Waals surface area contributed by atoms with Gasteiger partial charge >= 0.3 is 0 Å². The lowest BCUT2D eigenvalue weighted by atomic mass is 10.2. The minimum atomic E-state index is -0.515. The minimum Gasteiger partial charge on any atom is -0.487 e. The van der Waals surface area contributed by atoms with E-state index in [1.165, 1.54) is 12.1 Å². The van der Waals surface area contributed by atoms with Crippen molar-refractivity contribution in [2.75, 3.05) is 13.2 Å². The number of epoxide rings is 1. The van der Waals surface area contributed by atoms with Crippen molar-refractivity contribution in [2.45, 2.75) is 12.5 Å². The molecule has 0 spiro atoms. The second-order valence-electron chi connectivity index (χ2n) is 3.78. The fourth-order valence-corrected chi connectivity index (χ4v) is 1.12. The molecule has 1 saturated heterocycles. The molecule has 3 nitrogen and oxygen atoms in total. The van der Waals surface area contributed by atoms with Gasteiger partial charge in [-0.1, -0.05) is 0 Å². The molecule has 0 radical (unpaired) electrons. The predicted octanol–water partition coefficient (Wildman–Crippen LogP) is 1.87. The molecule has 1 unspecified atom stereocenters. The van der Waals surface area contributed by atoms with E-state index in [0.29, 0.717) is 13.2 Å². The number of hydrogen-bond acceptors (Lipinski definition) is 3. The summed E-state index contributed by atoms with van der Waals surface area (Å²) >= 11 is 0. The molecule has 4 heteroatoms. The summed E-state index contributed by atoms with van der Waals surface area (Å²) in [6, 6.07) is 6.00. The van der Waals surface area contributed by atoms with Crippen molar-refractivity contribution in [3.05, 3.63) is 29.6 Å². The largest absolute Gasteiger partial charge is 0.487 e. The van der Waals surface area contributed by atoms with Crippen LogP contribution in [0.15, 0.2) is 18.2 Å². The highest BCUT2D eigenvalue weighted by Crippen LogP contribution is 2.27. The molecule has 0 bridgehead atoms. The quantitative estimate of drug-likeness (QED) is 0.711. The highest BCUT2D eigenvalue weighted by atomic mass is 19.1. The van der Waals surface area contributed by atoms with Gasteiger partial charge in [-0.3, -0.25) is 0 Å². The molecule has 0 aromatic heterocycles. The number of hydrogen-bond donors (Lipinski definition) is 0. The maximum absolute atomic E-state index is 13.3. The molecule has 0 N–H and O–H groups in total. The molecule has 1 atom stereocenters. The first-order chi connectivity index (χ1) is 7.13. The molecule has 78 valence electrons. The fourth-order valence-electron chi connectivity index (χ4n) is 1.12. The van der Waals surface area contributed by atoms with Gasteiger partial charge in [0.25, 0.3) is 0 Å². The van der Waals surface area contributed by atoms with Gasteiger partial charge in [-0.25, -0.2) is 4.39 Å². The standard InChI is InChI=1S/C11H10FNO2/c1-11(7-15-11)6-14-10-3-2-8(5-13)4-9(10)12/h2-4H,6-7H2,1H3. The maximum atomic E-state index is 13.3. The van der Waals surface area contributed by atoms with Gasteiger partial charge in [0, 0.05) is 0 Å². The first kappa shape index (κ1) is 9.94. The zero-order valence-corrected chi connectivity index (χ0v) is 8.29. The normalized spacial score (nSPS) is 23.3. The van der Waals surface area contributed by atoms with E-state index in [2.05, 4.69) is 0 Å². The SMILES string of the molecule is CC1(COc2ccc(C#N)cc2F)CO1. The topological polar surface area (TPSA) is 45.5 Å². The van der Waals surface area contributed by atoms with Gasteiger partial charge < -0.3 is 9.47 Å². The highest BCUT2D eigenvalue weighted by Gasteiger charge is 2.40. The first-order valence-electron chi connectivity index (χ1n) is 4.59. The van der Waals surface area contributed by atoms with Crippen LogP contribution in [-0.2, 0) is 4.74 Å². The number of benzene rings is 1. The molecule has 1 fully saturated rings. The number of nitrogens with zero attached hydrogens (tertiary/aromatic N) is 1. The molecule has 1 aromatic rings. The van der Waals surface area contributed by atoms with Gasteiger partial charge in [0.15, 0.2) is 11.6 Å². The Kier molecular flexibility index (Phi) is 2.33. The summed E-state index contributed by atoms with van der Waals surface area (Å²) in [4.78, 5) is 0. The Morgan fingerprint density at radius 3 is 2.93 bits per heavy atom. The molecule has 1 aliphatic heterocycles. The average Bonchev–Trinajstić information content (AvgIpc) is 2.95. The van der Waals surface area contributed by atoms with Crippen molar-refractivity contribution >= 4 is 0 Å². The van der Waals surface area contributed by atoms with Crippen LogP contribution in [0.4, 0.5) is 4.39 Å². The van der Waals surface area contributed by atoms with E-state index in [9.17, 15) is 4.39 Å². The minimum absolute atomic E-state index is 0.158. The highest BCUT2D eigenvalue weighted by molar-refractivity contribution is 5.36. The number of halogens is 1. The first-order valence-corrected chi connectivity index (χ1v) is 4.59. The van der Waals surface area contributed by atoms with Gasteiger partial charge in [0.1, 0.15) is 12.2 Å². The molecular weight excluding hydrogens is 197 g/mol. The fraction of sp³-hybridized carbons (Fsp3) is 0.364. The summed E-state index contributed by atoms with van der Waals surface area (Å²) in [6.07, 6.45) is 0. The molecule has 1 aliphatic rings. The number of ether oxygens (including phenoxy) is 2. The average molecular weight is 207 g/mol. The van der Waals surface area contributed by atoms with E-state index in [1.807, 2.05) is 13.0 Å². The molecule has 0 saturated carbocycles. The van der Waals surface area contributed by atoms with Gasteiger partial charge in [-0.05, 0) is 25.1 Å². The van der Waals surface area contributed by atoms with Crippen LogP contribution in [0, 0.1) is 17.1 Å². The van der Waals surface area contributed by atoms with Crippen LogP contribution in [0.2, 0.25) is 0 Å². The summed E-state index contributed by atoms with van der Waals surface area (Å²) in [5, 5.41) is 8.54. The summed E-state index contributed by atoms with van der Waals surface area (Å²) in [6.45, 7) is 2.87. The van der Waals surface area contributed by atoms with Crippen molar-refractivity contribution in [1.29, 1.82) is 5.26 Å². The van der Waals surface area contributed by atoms with Gasteiger partial charge in [0.2, 0.25) is 0 Å². The van der Waals surface area contributed by atoms with Gasteiger partial charge in [0.05, 0.1) is 18.2 Å². The molecular formula is C11H10FNO2. The van der Waals surface area contributed by atoms with Crippen molar-refractivity contribution in [3.63, 3.8) is 0 Å². The molecule has 1 heterocycles. The Hall–Kier alpha value is -1.60. The predicted molar refractivity (Wildman–Crippen MR) is 51.0 cm³/mol. The van der Waals surface area contributed by atoms with Crippen LogP contribution < -0.4 is 4.74 Å². The molecule has 1 aromatic carbocycles. The maximum Gasteiger partial charge on any atom is 0.166 e. The monoisotopic (exact) mass is 207 g/mol. The summed E-state index contributed by atoms with van der Waals surface area (Å²) in [7, 11) is 0. The molecule has 0 aliphatic carbocycles. The number of rotatable bonds is 3. The summed E-state index contributed by atoms with van der Waals surface area (Å²) in [5.41, 5.74) is 0.0223.